The van der Waals surface area contributed by atoms with E-state index in [9.17, 15) is 9.59 Å². The standard InChI is InChI=1S/C27H34N4O2/c28-26(29)21-11-8-19(9-12-21)10-15-25(32)31-16-4-7-22-17-23(13-14-24(22)31)27(33)30-18-20-5-2-1-3-6-20/h8-9,11-14,17,20H,1-7,10,15-16,18H2,(H3,28,29)(H,30,33). The molecule has 174 valence electrons. The van der Waals surface area contributed by atoms with E-state index in [0.717, 1.165) is 36.2 Å². The number of nitrogens with zero attached hydrogens (tertiary/aromatic N) is 1. The number of carbonyl (C=O) groups is 2. The lowest BCUT2D eigenvalue weighted by molar-refractivity contribution is -0.118. The summed E-state index contributed by atoms with van der Waals surface area (Å²) in [6, 6.07) is 13.2. The fourth-order valence-corrected chi connectivity index (χ4v) is 4.96. The van der Waals surface area contributed by atoms with Gasteiger partial charge >= 0.3 is 0 Å². The lowest BCUT2D eigenvalue weighted by Gasteiger charge is -2.30. The maximum atomic E-state index is 13.0. The van der Waals surface area contributed by atoms with E-state index in [2.05, 4.69) is 5.32 Å². The zero-order valence-electron chi connectivity index (χ0n) is 19.2. The van der Waals surface area contributed by atoms with Crippen LogP contribution in [0.4, 0.5) is 5.69 Å². The number of hydrogen-bond acceptors (Lipinski definition) is 3. The van der Waals surface area contributed by atoms with E-state index < -0.39 is 0 Å². The molecule has 0 bridgehead atoms. The number of carbonyl (C=O) groups excluding carboxylic acids is 2. The molecule has 0 saturated heterocycles. The molecule has 4 rings (SSSR count). The summed E-state index contributed by atoms with van der Waals surface area (Å²) >= 11 is 0. The monoisotopic (exact) mass is 446 g/mol. The van der Waals surface area contributed by atoms with Gasteiger partial charge in [-0.15, -0.1) is 0 Å². The van der Waals surface area contributed by atoms with Crippen LogP contribution in [0.5, 0.6) is 0 Å². The summed E-state index contributed by atoms with van der Waals surface area (Å²) in [5, 5.41) is 10.6. The van der Waals surface area contributed by atoms with Crippen molar-refractivity contribution in [3.05, 3.63) is 64.7 Å². The molecule has 2 aromatic carbocycles. The van der Waals surface area contributed by atoms with Crippen molar-refractivity contribution in [3.8, 4) is 0 Å². The number of fused-ring (bicyclic) bond motifs is 1. The molecule has 0 unspecified atom stereocenters. The fraction of sp³-hybridized carbons (Fsp3) is 0.444. The second-order valence-corrected chi connectivity index (χ2v) is 9.32. The van der Waals surface area contributed by atoms with Gasteiger partial charge in [0.2, 0.25) is 5.91 Å². The Hall–Kier alpha value is -3.15. The number of nitrogen functional groups attached to an aromatic ring is 1. The third-order valence-electron chi connectivity index (χ3n) is 6.93. The topological polar surface area (TPSA) is 99.3 Å². The van der Waals surface area contributed by atoms with Crippen molar-refractivity contribution < 1.29 is 9.59 Å². The van der Waals surface area contributed by atoms with E-state index in [1.54, 1.807) is 0 Å². The number of amidine groups is 1. The van der Waals surface area contributed by atoms with Gasteiger partial charge in [0, 0.05) is 36.3 Å². The fourth-order valence-electron chi connectivity index (χ4n) is 4.96. The zero-order chi connectivity index (χ0) is 23.2. The summed E-state index contributed by atoms with van der Waals surface area (Å²) in [4.78, 5) is 27.6. The van der Waals surface area contributed by atoms with Gasteiger partial charge in [-0.3, -0.25) is 15.0 Å². The highest BCUT2D eigenvalue weighted by molar-refractivity contribution is 5.98. The number of rotatable bonds is 7. The minimum absolute atomic E-state index is 0.0131. The van der Waals surface area contributed by atoms with Crippen LogP contribution in [0, 0.1) is 11.3 Å². The Morgan fingerprint density at radius 3 is 2.45 bits per heavy atom. The molecule has 1 saturated carbocycles. The lowest BCUT2D eigenvalue weighted by atomic mass is 9.89. The Morgan fingerprint density at radius 2 is 1.73 bits per heavy atom. The van der Waals surface area contributed by atoms with Crippen molar-refractivity contribution in [1.82, 2.24) is 5.32 Å². The molecule has 4 N–H and O–H groups in total. The quantitative estimate of drug-likeness (QED) is 0.439. The number of hydrogen-bond donors (Lipinski definition) is 3. The highest BCUT2D eigenvalue weighted by Gasteiger charge is 2.23. The van der Waals surface area contributed by atoms with Crippen molar-refractivity contribution in [1.29, 1.82) is 5.41 Å². The van der Waals surface area contributed by atoms with E-state index in [-0.39, 0.29) is 17.6 Å². The average Bonchev–Trinajstić information content (AvgIpc) is 2.86. The van der Waals surface area contributed by atoms with E-state index in [0.29, 0.717) is 36.4 Å². The van der Waals surface area contributed by atoms with Crippen LogP contribution in [-0.4, -0.2) is 30.7 Å². The van der Waals surface area contributed by atoms with Crippen LogP contribution in [0.2, 0.25) is 0 Å². The van der Waals surface area contributed by atoms with Crippen LogP contribution in [0.1, 0.15) is 72.0 Å². The Kier molecular flexibility index (Phi) is 7.43. The second kappa shape index (κ2) is 10.6. The Balaban J connectivity index is 1.36. The minimum atomic E-state index is -0.0131. The van der Waals surface area contributed by atoms with Crippen LogP contribution < -0.4 is 16.0 Å². The first-order valence-electron chi connectivity index (χ1n) is 12.2. The summed E-state index contributed by atoms with van der Waals surface area (Å²) in [6.45, 7) is 1.47. The molecule has 2 aliphatic rings. The predicted octanol–water partition coefficient (Wildman–Crippen LogP) is 4.19. The largest absolute Gasteiger partial charge is 0.384 e. The summed E-state index contributed by atoms with van der Waals surface area (Å²) in [6.07, 6.45) is 9.13. The van der Waals surface area contributed by atoms with E-state index in [1.165, 1.54) is 32.1 Å². The predicted molar refractivity (Wildman–Crippen MR) is 132 cm³/mol. The van der Waals surface area contributed by atoms with Gasteiger partial charge in [0.05, 0.1) is 0 Å². The van der Waals surface area contributed by atoms with Gasteiger partial charge in [0.15, 0.2) is 0 Å². The molecule has 1 fully saturated rings. The lowest BCUT2D eigenvalue weighted by Crippen LogP contribution is -2.36. The number of benzene rings is 2. The Morgan fingerprint density at radius 1 is 1.00 bits per heavy atom. The summed E-state index contributed by atoms with van der Waals surface area (Å²) in [5.41, 5.74) is 9.94. The van der Waals surface area contributed by atoms with E-state index >= 15 is 0 Å². The SMILES string of the molecule is N=C(N)c1ccc(CCC(=O)N2CCCc3cc(C(=O)NCC4CCCCC4)ccc32)cc1. The van der Waals surface area contributed by atoms with Crippen LogP contribution >= 0.6 is 0 Å². The van der Waals surface area contributed by atoms with Gasteiger partial charge in [-0.1, -0.05) is 43.5 Å². The Labute approximate surface area is 196 Å². The maximum Gasteiger partial charge on any atom is 0.251 e. The molecule has 1 heterocycles. The zero-order valence-corrected chi connectivity index (χ0v) is 19.2. The second-order valence-electron chi connectivity index (χ2n) is 9.32. The molecule has 1 aliphatic heterocycles. The molecule has 0 aromatic heterocycles. The van der Waals surface area contributed by atoms with Crippen LogP contribution in [-0.2, 0) is 17.6 Å². The molecule has 6 nitrogen and oxygen atoms in total. The molecule has 1 aliphatic carbocycles. The highest BCUT2D eigenvalue weighted by Crippen LogP contribution is 2.29. The van der Waals surface area contributed by atoms with Crippen LogP contribution in [0.15, 0.2) is 42.5 Å². The number of nitrogens with two attached hydrogens (primary N) is 1. The van der Waals surface area contributed by atoms with Gasteiger partial charge < -0.3 is 16.0 Å². The summed E-state index contributed by atoms with van der Waals surface area (Å²) < 4.78 is 0. The average molecular weight is 447 g/mol. The van der Waals surface area contributed by atoms with Gasteiger partial charge in [0.25, 0.3) is 5.91 Å². The molecule has 6 heteroatoms. The molecular formula is C27H34N4O2. The molecule has 2 amide bonds. The number of aryl methyl sites for hydroxylation is 2. The molecule has 0 atom stereocenters. The van der Waals surface area contributed by atoms with Crippen molar-refractivity contribution in [2.45, 2.75) is 57.8 Å². The summed E-state index contributed by atoms with van der Waals surface area (Å²) in [7, 11) is 0. The normalized spacial score (nSPS) is 16.2. The molecule has 33 heavy (non-hydrogen) atoms. The maximum absolute atomic E-state index is 13.0. The highest BCUT2D eigenvalue weighted by atomic mass is 16.2. The molecule has 0 radical (unpaired) electrons. The van der Waals surface area contributed by atoms with Crippen molar-refractivity contribution in [2.24, 2.45) is 11.7 Å². The molecule has 0 spiro atoms. The van der Waals surface area contributed by atoms with Crippen molar-refractivity contribution in [2.75, 3.05) is 18.0 Å². The van der Waals surface area contributed by atoms with Gasteiger partial charge in [-0.25, -0.2) is 0 Å². The van der Waals surface area contributed by atoms with E-state index in [4.69, 9.17) is 11.1 Å². The summed E-state index contributed by atoms with van der Waals surface area (Å²) in [5.74, 6) is 0.735. The van der Waals surface area contributed by atoms with Crippen molar-refractivity contribution >= 4 is 23.3 Å². The number of anilines is 1. The van der Waals surface area contributed by atoms with Crippen LogP contribution in [0.3, 0.4) is 0 Å². The van der Waals surface area contributed by atoms with Crippen LogP contribution in [0.25, 0.3) is 0 Å². The van der Waals surface area contributed by atoms with Crippen molar-refractivity contribution in [3.63, 3.8) is 0 Å². The third-order valence-corrected chi connectivity index (χ3v) is 6.93. The third kappa shape index (κ3) is 5.81. The van der Waals surface area contributed by atoms with Gasteiger partial charge in [0.1, 0.15) is 5.84 Å². The van der Waals surface area contributed by atoms with Gasteiger partial charge in [-0.05, 0) is 67.3 Å². The Bertz CT molecular complexity index is 1010. The first kappa shape index (κ1) is 23.0. The number of nitrogens with one attached hydrogen (secondary N) is 2. The molecular weight excluding hydrogens is 412 g/mol. The number of amides is 2. The smallest absolute Gasteiger partial charge is 0.251 e. The van der Waals surface area contributed by atoms with E-state index in [1.807, 2.05) is 47.4 Å². The minimum Gasteiger partial charge on any atom is -0.384 e. The first-order chi connectivity index (χ1) is 16.0. The van der Waals surface area contributed by atoms with Gasteiger partial charge in [-0.2, -0.15) is 0 Å². The first-order valence-corrected chi connectivity index (χ1v) is 12.2. The molecule has 2 aromatic rings.